The summed E-state index contributed by atoms with van der Waals surface area (Å²) in [7, 11) is 1.68. The van der Waals surface area contributed by atoms with Gasteiger partial charge in [0, 0.05) is 44.5 Å². The van der Waals surface area contributed by atoms with Crippen molar-refractivity contribution in [1.82, 2.24) is 9.97 Å². The standard InChI is InChI=1S/C26H28N4O2/c1-18-5-3-4-6-22(18)19-15-24-23(25(31)16-19)17-27-26(28-24)30-13-11-29(12-14-30)20-7-9-21(32-2)10-8-20/h3-10,17,19H,11-16H2,1-2H3. The van der Waals surface area contributed by atoms with Gasteiger partial charge in [-0.2, -0.15) is 0 Å². The third-order valence-corrected chi connectivity index (χ3v) is 6.66. The molecule has 6 heteroatoms. The molecule has 6 nitrogen and oxygen atoms in total. The molecule has 1 unspecified atom stereocenters. The Bertz CT molecular complexity index is 1120. The number of nitrogens with zero attached hydrogens (tertiary/aromatic N) is 4. The molecule has 5 rings (SSSR count). The van der Waals surface area contributed by atoms with Gasteiger partial charge >= 0.3 is 0 Å². The van der Waals surface area contributed by atoms with Crippen LogP contribution < -0.4 is 14.5 Å². The lowest BCUT2D eigenvalue weighted by atomic mass is 9.81. The van der Waals surface area contributed by atoms with Gasteiger partial charge in [-0.1, -0.05) is 24.3 Å². The number of rotatable bonds is 4. The number of benzene rings is 2. The highest BCUT2D eigenvalue weighted by atomic mass is 16.5. The number of carbonyl (C=O) groups excluding carboxylic acids is 1. The third-order valence-electron chi connectivity index (χ3n) is 6.66. The van der Waals surface area contributed by atoms with E-state index in [0.29, 0.717) is 12.0 Å². The van der Waals surface area contributed by atoms with E-state index in [4.69, 9.17) is 9.72 Å². The Balaban J connectivity index is 1.31. The molecule has 0 radical (unpaired) electrons. The van der Waals surface area contributed by atoms with Crippen LogP contribution in [0.1, 0.15) is 39.5 Å². The highest BCUT2D eigenvalue weighted by Crippen LogP contribution is 2.34. The molecule has 1 fully saturated rings. The zero-order chi connectivity index (χ0) is 22.1. The first-order chi connectivity index (χ1) is 15.6. The molecule has 1 saturated heterocycles. The van der Waals surface area contributed by atoms with Gasteiger partial charge in [0.15, 0.2) is 5.78 Å². The fourth-order valence-corrected chi connectivity index (χ4v) is 4.81. The van der Waals surface area contributed by atoms with Gasteiger partial charge in [-0.3, -0.25) is 4.79 Å². The van der Waals surface area contributed by atoms with Crippen molar-refractivity contribution in [3.05, 3.63) is 77.1 Å². The molecule has 164 valence electrons. The van der Waals surface area contributed by atoms with Crippen molar-refractivity contribution in [2.75, 3.05) is 43.1 Å². The largest absolute Gasteiger partial charge is 0.497 e. The van der Waals surface area contributed by atoms with Gasteiger partial charge in [-0.05, 0) is 54.7 Å². The molecule has 1 aliphatic heterocycles. The molecule has 0 bridgehead atoms. The van der Waals surface area contributed by atoms with Crippen LogP contribution in [0, 0.1) is 6.92 Å². The van der Waals surface area contributed by atoms with Crippen LogP contribution in [-0.2, 0) is 6.42 Å². The van der Waals surface area contributed by atoms with Crippen LogP contribution in [-0.4, -0.2) is 49.0 Å². The fourth-order valence-electron chi connectivity index (χ4n) is 4.81. The van der Waals surface area contributed by atoms with Crippen molar-refractivity contribution >= 4 is 17.4 Å². The number of hydrogen-bond acceptors (Lipinski definition) is 6. The lowest BCUT2D eigenvalue weighted by Gasteiger charge is -2.36. The Morgan fingerprint density at radius 2 is 1.66 bits per heavy atom. The molecule has 2 aromatic carbocycles. The van der Waals surface area contributed by atoms with Gasteiger partial charge in [0.1, 0.15) is 5.75 Å². The second-order valence-electron chi connectivity index (χ2n) is 8.59. The molecule has 0 spiro atoms. The smallest absolute Gasteiger partial charge is 0.225 e. The first-order valence-electron chi connectivity index (χ1n) is 11.2. The van der Waals surface area contributed by atoms with Gasteiger partial charge in [-0.25, -0.2) is 9.97 Å². The number of Topliss-reactive ketones (excluding diaryl/α,β-unsaturated/α-hetero) is 1. The maximum atomic E-state index is 12.8. The molecule has 1 atom stereocenters. The molecule has 32 heavy (non-hydrogen) atoms. The number of aromatic nitrogens is 2. The van der Waals surface area contributed by atoms with E-state index in [0.717, 1.165) is 50.0 Å². The normalized spacial score (nSPS) is 18.4. The SMILES string of the molecule is COc1ccc(N2CCN(c3ncc4c(n3)CC(c3ccccc3C)CC4=O)CC2)cc1. The van der Waals surface area contributed by atoms with Crippen LogP contribution in [0.25, 0.3) is 0 Å². The zero-order valence-electron chi connectivity index (χ0n) is 18.6. The lowest BCUT2D eigenvalue weighted by molar-refractivity contribution is 0.0962. The monoisotopic (exact) mass is 428 g/mol. The summed E-state index contributed by atoms with van der Waals surface area (Å²) in [6.07, 6.45) is 3.05. The average Bonchev–Trinajstić information content (AvgIpc) is 2.84. The summed E-state index contributed by atoms with van der Waals surface area (Å²) in [5, 5.41) is 0. The summed E-state index contributed by atoms with van der Waals surface area (Å²) in [5.74, 6) is 1.94. The topological polar surface area (TPSA) is 58.6 Å². The van der Waals surface area contributed by atoms with Crippen molar-refractivity contribution in [1.29, 1.82) is 0 Å². The molecule has 0 N–H and O–H groups in total. The van der Waals surface area contributed by atoms with E-state index < -0.39 is 0 Å². The van der Waals surface area contributed by atoms with Gasteiger partial charge < -0.3 is 14.5 Å². The summed E-state index contributed by atoms with van der Waals surface area (Å²) >= 11 is 0. The number of carbonyl (C=O) groups is 1. The van der Waals surface area contributed by atoms with Crippen LogP contribution in [0.5, 0.6) is 5.75 Å². The van der Waals surface area contributed by atoms with E-state index >= 15 is 0 Å². The van der Waals surface area contributed by atoms with E-state index in [1.165, 1.54) is 16.8 Å². The summed E-state index contributed by atoms with van der Waals surface area (Å²) in [4.78, 5) is 26.8. The first-order valence-corrected chi connectivity index (χ1v) is 11.2. The zero-order valence-corrected chi connectivity index (χ0v) is 18.6. The third kappa shape index (κ3) is 3.93. The number of hydrogen-bond donors (Lipinski definition) is 0. The summed E-state index contributed by atoms with van der Waals surface area (Å²) in [6, 6.07) is 16.5. The highest BCUT2D eigenvalue weighted by molar-refractivity contribution is 5.98. The predicted molar refractivity (Wildman–Crippen MR) is 126 cm³/mol. The van der Waals surface area contributed by atoms with Gasteiger partial charge in [-0.15, -0.1) is 0 Å². The molecular weight excluding hydrogens is 400 g/mol. The summed E-state index contributed by atoms with van der Waals surface area (Å²) in [6.45, 7) is 5.61. The molecular formula is C26H28N4O2. The number of ether oxygens (including phenoxy) is 1. The highest BCUT2D eigenvalue weighted by Gasteiger charge is 2.30. The Morgan fingerprint density at radius 1 is 0.938 bits per heavy atom. The second kappa shape index (κ2) is 8.61. The molecule has 1 aromatic heterocycles. The molecule has 2 heterocycles. The van der Waals surface area contributed by atoms with Crippen molar-refractivity contribution < 1.29 is 9.53 Å². The number of methoxy groups -OCH3 is 1. The van der Waals surface area contributed by atoms with Crippen molar-refractivity contribution in [3.63, 3.8) is 0 Å². The average molecular weight is 429 g/mol. The molecule has 3 aromatic rings. The Kier molecular flexibility index (Phi) is 5.52. The number of piperazine rings is 1. The number of fused-ring (bicyclic) bond motifs is 1. The lowest BCUT2D eigenvalue weighted by Crippen LogP contribution is -2.47. The van der Waals surface area contributed by atoms with Gasteiger partial charge in [0.2, 0.25) is 5.95 Å². The van der Waals surface area contributed by atoms with E-state index in [1.807, 2.05) is 18.2 Å². The summed E-state index contributed by atoms with van der Waals surface area (Å²) in [5.41, 5.74) is 5.26. The second-order valence-corrected chi connectivity index (χ2v) is 8.59. The van der Waals surface area contributed by atoms with Crippen molar-refractivity contribution in [2.24, 2.45) is 0 Å². The predicted octanol–water partition coefficient (Wildman–Crippen LogP) is 4.03. The minimum absolute atomic E-state index is 0.148. The molecule has 0 amide bonds. The van der Waals surface area contributed by atoms with E-state index in [-0.39, 0.29) is 11.7 Å². The van der Waals surface area contributed by atoms with Crippen LogP contribution in [0.2, 0.25) is 0 Å². The van der Waals surface area contributed by atoms with Gasteiger partial charge in [0.25, 0.3) is 0 Å². The Labute approximate surface area is 188 Å². The van der Waals surface area contributed by atoms with E-state index in [9.17, 15) is 4.79 Å². The number of anilines is 2. The van der Waals surface area contributed by atoms with Gasteiger partial charge in [0.05, 0.1) is 18.4 Å². The van der Waals surface area contributed by atoms with Crippen molar-refractivity contribution in [3.8, 4) is 5.75 Å². The molecule has 1 aliphatic carbocycles. The quantitative estimate of drug-likeness (QED) is 0.625. The maximum absolute atomic E-state index is 12.8. The summed E-state index contributed by atoms with van der Waals surface area (Å²) < 4.78 is 5.26. The van der Waals surface area contributed by atoms with E-state index in [1.54, 1.807) is 13.3 Å². The first kappa shape index (κ1) is 20.5. The minimum Gasteiger partial charge on any atom is -0.497 e. The van der Waals surface area contributed by atoms with Crippen LogP contribution in [0.4, 0.5) is 11.6 Å². The minimum atomic E-state index is 0.148. The van der Waals surface area contributed by atoms with Crippen molar-refractivity contribution in [2.45, 2.75) is 25.7 Å². The van der Waals surface area contributed by atoms with Crippen LogP contribution in [0.15, 0.2) is 54.7 Å². The molecule has 2 aliphatic rings. The number of ketones is 1. The van der Waals surface area contributed by atoms with Crippen LogP contribution in [0.3, 0.4) is 0 Å². The number of aryl methyl sites for hydroxylation is 1. The van der Waals surface area contributed by atoms with E-state index in [2.05, 4.69) is 52.0 Å². The maximum Gasteiger partial charge on any atom is 0.225 e. The Hall–Kier alpha value is -3.41. The fraction of sp³-hybridized carbons (Fsp3) is 0.346. The molecule has 0 saturated carbocycles. The van der Waals surface area contributed by atoms with Crippen LogP contribution >= 0.6 is 0 Å². The Morgan fingerprint density at radius 3 is 2.38 bits per heavy atom.